The molecule has 0 amide bonds. The summed E-state index contributed by atoms with van der Waals surface area (Å²) < 4.78 is 34.6. The number of ether oxygens (including phenoxy) is 2. The topological polar surface area (TPSA) is 108 Å². The molecule has 72 heavy (non-hydrogen) atoms. The summed E-state index contributed by atoms with van der Waals surface area (Å²) in [6.07, 6.45) is 68.6. The van der Waals surface area contributed by atoms with Crippen LogP contribution in [0, 0.1) is 0 Å². The summed E-state index contributed by atoms with van der Waals surface area (Å²) >= 11 is 0. The van der Waals surface area contributed by atoms with Gasteiger partial charge in [-0.3, -0.25) is 18.6 Å². The van der Waals surface area contributed by atoms with Crippen molar-refractivity contribution in [1.82, 2.24) is 0 Å². The van der Waals surface area contributed by atoms with Gasteiger partial charge in [-0.2, -0.15) is 0 Å². The molecule has 420 valence electrons. The first-order chi connectivity index (χ1) is 35.0. The Balaban J connectivity index is 4.15. The van der Waals surface area contributed by atoms with Gasteiger partial charge in [0.25, 0.3) is 0 Å². The van der Waals surface area contributed by atoms with E-state index < -0.39 is 26.5 Å². The summed E-state index contributed by atoms with van der Waals surface area (Å²) in [7, 11) is 1.47. The van der Waals surface area contributed by atoms with Gasteiger partial charge in [-0.25, -0.2) is 4.57 Å². The number of quaternary nitrogens is 1. The number of esters is 2. The van der Waals surface area contributed by atoms with Crippen LogP contribution < -0.4 is 0 Å². The Labute approximate surface area is 445 Å². The number of hydrogen-bond donors (Lipinski definition) is 1. The Kier molecular flexibility index (Phi) is 51.8. The van der Waals surface area contributed by atoms with Gasteiger partial charge in [-0.15, -0.1) is 0 Å². The number of allylic oxidation sites excluding steroid dienone is 10. The van der Waals surface area contributed by atoms with Crippen molar-refractivity contribution in [2.24, 2.45) is 0 Å². The molecule has 0 aliphatic heterocycles. The van der Waals surface area contributed by atoms with Crippen LogP contribution >= 0.6 is 7.82 Å². The van der Waals surface area contributed by atoms with Gasteiger partial charge in [0.2, 0.25) is 0 Å². The third-order valence-corrected chi connectivity index (χ3v) is 14.0. The van der Waals surface area contributed by atoms with Gasteiger partial charge in [-0.1, -0.05) is 261 Å². The minimum Gasteiger partial charge on any atom is -0.462 e. The highest BCUT2D eigenvalue weighted by Crippen LogP contribution is 2.43. The number of carbonyl (C=O) groups excluding carboxylic acids is 2. The minimum atomic E-state index is -4.39. The number of likely N-dealkylation sites (N-methyl/N-ethyl adjacent to an activating group) is 1. The fraction of sp³-hybridized carbons (Fsp3) is 0.806. The monoisotopic (exact) mass is 1030 g/mol. The van der Waals surface area contributed by atoms with E-state index in [4.69, 9.17) is 18.5 Å². The second-order valence-electron chi connectivity index (χ2n) is 21.4. The van der Waals surface area contributed by atoms with Crippen LogP contribution in [0.1, 0.15) is 271 Å². The maximum atomic E-state index is 12.8. The molecule has 0 rings (SSSR count). The maximum Gasteiger partial charge on any atom is 0.472 e. The molecule has 0 saturated carbocycles. The second kappa shape index (κ2) is 53.5. The molecule has 10 heteroatoms. The predicted molar refractivity (Wildman–Crippen MR) is 307 cm³/mol. The molecule has 0 aromatic carbocycles. The number of unbranched alkanes of at least 4 members (excludes halogenated alkanes) is 31. The van der Waals surface area contributed by atoms with Crippen LogP contribution in [-0.2, 0) is 32.7 Å². The Morgan fingerprint density at radius 2 is 0.792 bits per heavy atom. The van der Waals surface area contributed by atoms with Crippen LogP contribution in [0.4, 0.5) is 0 Å². The van der Waals surface area contributed by atoms with Crippen molar-refractivity contribution in [2.75, 3.05) is 47.5 Å². The van der Waals surface area contributed by atoms with Gasteiger partial charge < -0.3 is 18.9 Å². The van der Waals surface area contributed by atoms with Gasteiger partial charge in [0.1, 0.15) is 19.8 Å². The fourth-order valence-corrected chi connectivity index (χ4v) is 9.20. The largest absolute Gasteiger partial charge is 0.472 e. The van der Waals surface area contributed by atoms with E-state index in [-0.39, 0.29) is 32.0 Å². The van der Waals surface area contributed by atoms with Gasteiger partial charge >= 0.3 is 19.8 Å². The van der Waals surface area contributed by atoms with Crippen molar-refractivity contribution >= 4 is 19.8 Å². The maximum absolute atomic E-state index is 12.8. The second-order valence-corrected chi connectivity index (χ2v) is 22.8. The zero-order valence-electron chi connectivity index (χ0n) is 47.7. The minimum absolute atomic E-state index is 0.0284. The number of phosphoric ester groups is 1. The Bertz CT molecular complexity index is 1400. The molecule has 0 spiro atoms. The lowest BCUT2D eigenvalue weighted by Crippen LogP contribution is -2.37. The lowest BCUT2D eigenvalue weighted by molar-refractivity contribution is -0.870. The van der Waals surface area contributed by atoms with Gasteiger partial charge in [0.05, 0.1) is 27.7 Å². The third-order valence-electron chi connectivity index (χ3n) is 13.1. The van der Waals surface area contributed by atoms with Gasteiger partial charge in [0, 0.05) is 12.8 Å². The number of hydrogen-bond acceptors (Lipinski definition) is 7. The van der Waals surface area contributed by atoms with Crippen molar-refractivity contribution < 1.29 is 42.1 Å². The average Bonchev–Trinajstić information content (AvgIpc) is 3.34. The predicted octanol–water partition coefficient (Wildman–Crippen LogP) is 18.7. The first kappa shape index (κ1) is 69.7. The molecule has 0 fully saturated rings. The smallest absolute Gasteiger partial charge is 0.462 e. The van der Waals surface area contributed by atoms with Crippen molar-refractivity contribution in [2.45, 2.75) is 277 Å². The molecular weight excluding hydrogens is 918 g/mol. The molecule has 1 N–H and O–H groups in total. The lowest BCUT2D eigenvalue weighted by atomic mass is 10.0. The first-order valence-corrected chi connectivity index (χ1v) is 31.5. The van der Waals surface area contributed by atoms with E-state index in [2.05, 4.69) is 74.6 Å². The van der Waals surface area contributed by atoms with E-state index in [1.54, 1.807) is 0 Å². The molecule has 2 unspecified atom stereocenters. The van der Waals surface area contributed by atoms with Gasteiger partial charge in [-0.05, 0) is 57.8 Å². The number of phosphoric acid groups is 1. The average molecular weight is 1030 g/mol. The molecule has 0 aliphatic carbocycles. The lowest BCUT2D eigenvalue weighted by Gasteiger charge is -2.24. The van der Waals surface area contributed by atoms with Crippen molar-refractivity contribution in [3.8, 4) is 0 Å². The fourth-order valence-electron chi connectivity index (χ4n) is 8.46. The molecule has 0 saturated heterocycles. The van der Waals surface area contributed by atoms with Crippen LogP contribution in [-0.4, -0.2) is 74.9 Å². The Hall–Kier alpha value is -2.29. The molecule has 0 aromatic heterocycles. The number of nitrogens with zero attached hydrogens (tertiary/aromatic N) is 1. The first-order valence-electron chi connectivity index (χ1n) is 30.0. The molecule has 2 atom stereocenters. The summed E-state index contributed by atoms with van der Waals surface area (Å²) in [6.45, 7) is 4.34. The van der Waals surface area contributed by atoms with Crippen LogP contribution in [0.5, 0.6) is 0 Å². The summed E-state index contributed by atoms with van der Waals surface area (Å²) in [5, 5.41) is 0. The zero-order chi connectivity index (χ0) is 52.7. The molecule has 0 aliphatic rings. The summed E-state index contributed by atoms with van der Waals surface area (Å²) in [6, 6.07) is 0. The van der Waals surface area contributed by atoms with Crippen molar-refractivity contribution in [1.29, 1.82) is 0 Å². The van der Waals surface area contributed by atoms with E-state index in [9.17, 15) is 19.0 Å². The van der Waals surface area contributed by atoms with E-state index in [1.807, 2.05) is 21.1 Å². The molecule has 0 heterocycles. The summed E-state index contributed by atoms with van der Waals surface area (Å²) in [4.78, 5) is 35.7. The van der Waals surface area contributed by atoms with E-state index in [0.29, 0.717) is 17.4 Å². The Morgan fingerprint density at radius 3 is 1.18 bits per heavy atom. The SMILES string of the molecule is CC/C=C\C/C=C\C/C=C\C/C=C\C/C=C\CCCCCCCCCC(=O)OC(COC(=O)CCCCCCCCCCCCCCCCCCCCCCCCCCC)COP(=O)(O)OCC[N+](C)(C)C. The standard InChI is InChI=1S/C62H114NO8P/c1-6-8-10-12-14-16-18-20-22-24-26-28-30-31-33-34-36-38-40-42-44-46-48-50-52-54-61(64)68-58-60(59-70-72(66,67)69-57-56-63(3,4)5)71-62(65)55-53-51-49-47-45-43-41-39-37-35-32-29-27-25-23-21-19-17-15-13-11-9-7-2/h9,11,15,17,21,23,27,29,35,37,60H,6-8,10,12-14,16,18-20,22,24-26,28,30-34,36,38-59H2,1-5H3/p+1/b11-9-,17-15-,23-21-,29-27-,37-35-. The molecule has 9 nitrogen and oxygen atoms in total. The van der Waals surface area contributed by atoms with Gasteiger partial charge in [0.15, 0.2) is 6.10 Å². The summed E-state index contributed by atoms with van der Waals surface area (Å²) in [5.74, 6) is -0.801. The molecule has 0 radical (unpaired) electrons. The van der Waals surface area contributed by atoms with Crippen molar-refractivity contribution in [3.63, 3.8) is 0 Å². The van der Waals surface area contributed by atoms with E-state index >= 15 is 0 Å². The number of carbonyl (C=O) groups is 2. The summed E-state index contributed by atoms with van der Waals surface area (Å²) in [5.41, 5.74) is 0. The van der Waals surface area contributed by atoms with E-state index in [0.717, 1.165) is 77.0 Å². The van der Waals surface area contributed by atoms with Crippen LogP contribution in [0.2, 0.25) is 0 Å². The highest BCUT2D eigenvalue weighted by molar-refractivity contribution is 7.47. The van der Waals surface area contributed by atoms with Crippen LogP contribution in [0.15, 0.2) is 60.8 Å². The molecular formula is C62H115NO8P+. The highest BCUT2D eigenvalue weighted by atomic mass is 31.2. The Morgan fingerprint density at radius 1 is 0.444 bits per heavy atom. The van der Waals surface area contributed by atoms with Crippen molar-refractivity contribution in [3.05, 3.63) is 60.8 Å². The van der Waals surface area contributed by atoms with E-state index in [1.165, 1.54) is 161 Å². The van der Waals surface area contributed by atoms with Crippen LogP contribution in [0.25, 0.3) is 0 Å². The molecule has 0 bridgehead atoms. The molecule has 0 aromatic rings. The quantitative estimate of drug-likeness (QED) is 0.0211. The number of rotatable bonds is 55. The van der Waals surface area contributed by atoms with Crippen LogP contribution in [0.3, 0.4) is 0 Å². The third kappa shape index (κ3) is 57.0. The normalized spacial score (nSPS) is 13.7. The zero-order valence-corrected chi connectivity index (χ0v) is 48.6. The highest BCUT2D eigenvalue weighted by Gasteiger charge is 2.27.